The molecule has 1 aromatic heterocycles. The molecule has 1 fully saturated rings. The Labute approximate surface area is 150 Å². The van der Waals surface area contributed by atoms with Gasteiger partial charge in [0.2, 0.25) is 5.88 Å². The Morgan fingerprint density at radius 1 is 1.19 bits per heavy atom. The molecular weight excluding hydrogens is 336 g/mol. The average molecular weight is 358 g/mol. The van der Waals surface area contributed by atoms with E-state index in [0.29, 0.717) is 19.8 Å². The van der Waals surface area contributed by atoms with Gasteiger partial charge < -0.3 is 9.84 Å². The lowest BCUT2D eigenvalue weighted by molar-refractivity contribution is 0.0395. The molecule has 0 spiro atoms. The monoisotopic (exact) mass is 358 g/mol. The number of benzene rings is 1. The fraction of sp³-hybridized carbons (Fsp3) is 0.389. The Hall–Kier alpha value is -2.71. The van der Waals surface area contributed by atoms with Gasteiger partial charge in [0.05, 0.1) is 26.3 Å². The van der Waals surface area contributed by atoms with Gasteiger partial charge in [-0.05, 0) is 5.56 Å². The van der Waals surface area contributed by atoms with E-state index in [9.17, 15) is 14.7 Å². The first-order valence-electron chi connectivity index (χ1n) is 8.55. The van der Waals surface area contributed by atoms with Crippen molar-refractivity contribution in [3.8, 4) is 5.88 Å². The molecule has 1 aliphatic rings. The molecule has 26 heavy (non-hydrogen) atoms. The van der Waals surface area contributed by atoms with Crippen LogP contribution in [0.25, 0.3) is 0 Å². The van der Waals surface area contributed by atoms with E-state index in [2.05, 4.69) is 14.9 Å². The fourth-order valence-corrected chi connectivity index (χ4v) is 2.78. The lowest BCUT2D eigenvalue weighted by atomic mass is 10.2. The number of aromatic amines is 1. The van der Waals surface area contributed by atoms with Crippen LogP contribution in [0.1, 0.15) is 11.1 Å². The number of morpholine rings is 1. The molecule has 0 radical (unpaired) electrons. The zero-order chi connectivity index (χ0) is 18.4. The Morgan fingerprint density at radius 2 is 1.92 bits per heavy atom. The van der Waals surface area contributed by atoms with Crippen molar-refractivity contribution in [2.45, 2.75) is 6.54 Å². The molecule has 1 aliphatic heterocycles. The van der Waals surface area contributed by atoms with Crippen LogP contribution in [0.5, 0.6) is 5.88 Å². The van der Waals surface area contributed by atoms with Gasteiger partial charge in [0.15, 0.2) is 0 Å². The average Bonchev–Trinajstić information content (AvgIpc) is 2.66. The summed E-state index contributed by atoms with van der Waals surface area (Å²) in [7, 11) is 0. The van der Waals surface area contributed by atoms with Gasteiger partial charge in [-0.1, -0.05) is 30.3 Å². The van der Waals surface area contributed by atoms with Crippen LogP contribution in [0.15, 0.2) is 44.9 Å². The number of H-pyrrole nitrogens is 1. The molecule has 0 aliphatic carbocycles. The first-order valence-corrected chi connectivity index (χ1v) is 8.55. The van der Waals surface area contributed by atoms with Crippen LogP contribution in [-0.2, 0) is 11.3 Å². The number of rotatable bonds is 6. The van der Waals surface area contributed by atoms with Crippen molar-refractivity contribution >= 4 is 6.21 Å². The first kappa shape index (κ1) is 18.1. The minimum atomic E-state index is -0.651. The summed E-state index contributed by atoms with van der Waals surface area (Å²) in [4.78, 5) is 32.7. The summed E-state index contributed by atoms with van der Waals surface area (Å²) in [6, 6.07) is 9.24. The van der Waals surface area contributed by atoms with Crippen molar-refractivity contribution in [3.63, 3.8) is 0 Å². The van der Waals surface area contributed by atoms with Gasteiger partial charge in [0, 0.05) is 25.8 Å². The third kappa shape index (κ3) is 4.47. The van der Waals surface area contributed by atoms with E-state index in [4.69, 9.17) is 4.74 Å². The third-order valence-corrected chi connectivity index (χ3v) is 4.26. The molecule has 2 N–H and O–H groups in total. The highest BCUT2D eigenvalue weighted by atomic mass is 16.5. The maximum Gasteiger partial charge on any atom is 0.331 e. The quantitative estimate of drug-likeness (QED) is 0.711. The second-order valence-corrected chi connectivity index (χ2v) is 6.06. The normalized spacial score (nSPS) is 15.5. The van der Waals surface area contributed by atoms with E-state index in [1.807, 2.05) is 30.3 Å². The topological polar surface area (TPSA) is 99.9 Å². The Kier molecular flexibility index (Phi) is 5.98. The number of hydrogen-bond acceptors (Lipinski definition) is 6. The number of ether oxygens (including phenoxy) is 1. The summed E-state index contributed by atoms with van der Waals surface area (Å²) in [5, 5.41) is 10.4. The summed E-state index contributed by atoms with van der Waals surface area (Å²) in [5.74, 6) is -0.377. The highest BCUT2D eigenvalue weighted by Gasteiger charge is 2.13. The number of aromatic hydroxyl groups is 1. The zero-order valence-electron chi connectivity index (χ0n) is 14.4. The number of aliphatic imine (C=N–C) groups is 1. The smallest absolute Gasteiger partial charge is 0.331 e. The van der Waals surface area contributed by atoms with E-state index in [0.717, 1.165) is 29.8 Å². The van der Waals surface area contributed by atoms with Gasteiger partial charge >= 0.3 is 5.69 Å². The van der Waals surface area contributed by atoms with Crippen molar-refractivity contribution in [2.75, 3.05) is 39.4 Å². The number of hydrogen-bond donors (Lipinski definition) is 2. The van der Waals surface area contributed by atoms with Gasteiger partial charge in [-0.3, -0.25) is 24.2 Å². The SMILES string of the molecule is O=c1[nH]c(=O)n(Cc2ccccc2)c(O)c1C=NCCN1CCOCC1. The van der Waals surface area contributed by atoms with Crippen LogP contribution < -0.4 is 11.2 Å². The van der Waals surface area contributed by atoms with Crippen LogP contribution in [0.2, 0.25) is 0 Å². The van der Waals surface area contributed by atoms with Gasteiger partial charge in [-0.15, -0.1) is 0 Å². The maximum atomic E-state index is 12.0. The molecule has 3 rings (SSSR count). The summed E-state index contributed by atoms with van der Waals surface area (Å²) in [6.45, 7) is 4.58. The zero-order valence-corrected chi connectivity index (χ0v) is 14.4. The standard InChI is InChI=1S/C18H22N4O4/c23-16-15(12-19-6-7-21-8-10-26-11-9-21)17(24)22(18(25)20-16)13-14-4-2-1-3-5-14/h1-5,12,24H,6-11,13H2,(H,20,23,25). The molecule has 8 nitrogen and oxygen atoms in total. The van der Waals surface area contributed by atoms with Crippen molar-refractivity contribution < 1.29 is 9.84 Å². The molecule has 0 amide bonds. The molecule has 0 saturated carbocycles. The Balaban J connectivity index is 1.74. The summed E-state index contributed by atoms with van der Waals surface area (Å²) < 4.78 is 6.41. The van der Waals surface area contributed by atoms with Crippen molar-refractivity contribution in [1.82, 2.24) is 14.5 Å². The molecule has 1 saturated heterocycles. The molecule has 0 unspecified atom stereocenters. The van der Waals surface area contributed by atoms with Gasteiger partial charge in [-0.25, -0.2) is 4.79 Å². The molecule has 0 atom stereocenters. The summed E-state index contributed by atoms with van der Waals surface area (Å²) in [6.07, 6.45) is 1.33. The lowest BCUT2D eigenvalue weighted by Crippen LogP contribution is -2.37. The van der Waals surface area contributed by atoms with Crippen LogP contribution in [0, 0.1) is 0 Å². The lowest BCUT2D eigenvalue weighted by Gasteiger charge is -2.25. The molecule has 8 heteroatoms. The first-order chi connectivity index (χ1) is 12.6. The van der Waals surface area contributed by atoms with Crippen LogP contribution >= 0.6 is 0 Å². The predicted molar refractivity (Wildman–Crippen MR) is 98.3 cm³/mol. The van der Waals surface area contributed by atoms with E-state index in [1.54, 1.807) is 0 Å². The molecular formula is C18H22N4O4. The van der Waals surface area contributed by atoms with Crippen LogP contribution in [0.4, 0.5) is 0 Å². The van der Waals surface area contributed by atoms with Gasteiger partial charge in [0.1, 0.15) is 5.56 Å². The molecule has 2 aromatic rings. The number of nitrogens with one attached hydrogen (secondary N) is 1. The predicted octanol–water partition coefficient (Wildman–Crippen LogP) is 0.0416. The molecule has 138 valence electrons. The third-order valence-electron chi connectivity index (χ3n) is 4.26. The Morgan fingerprint density at radius 3 is 2.65 bits per heavy atom. The molecule has 0 bridgehead atoms. The second kappa shape index (κ2) is 8.59. The van der Waals surface area contributed by atoms with E-state index < -0.39 is 11.2 Å². The summed E-state index contributed by atoms with van der Waals surface area (Å²) >= 11 is 0. The van der Waals surface area contributed by atoms with E-state index in [-0.39, 0.29) is 18.0 Å². The minimum absolute atomic E-state index is 0.0116. The van der Waals surface area contributed by atoms with Gasteiger partial charge in [0.25, 0.3) is 5.56 Å². The highest BCUT2D eigenvalue weighted by molar-refractivity contribution is 5.81. The van der Waals surface area contributed by atoms with Crippen molar-refractivity contribution in [2.24, 2.45) is 4.99 Å². The largest absolute Gasteiger partial charge is 0.494 e. The van der Waals surface area contributed by atoms with Crippen LogP contribution in [0.3, 0.4) is 0 Å². The van der Waals surface area contributed by atoms with Crippen molar-refractivity contribution in [1.29, 1.82) is 0 Å². The second-order valence-electron chi connectivity index (χ2n) is 6.06. The highest BCUT2D eigenvalue weighted by Crippen LogP contribution is 2.11. The Bertz CT molecular complexity index is 867. The number of aromatic nitrogens is 2. The molecule has 1 aromatic carbocycles. The molecule has 2 heterocycles. The van der Waals surface area contributed by atoms with Crippen LogP contribution in [-0.4, -0.2) is 65.2 Å². The maximum absolute atomic E-state index is 12.0. The van der Waals surface area contributed by atoms with Gasteiger partial charge in [-0.2, -0.15) is 0 Å². The fourth-order valence-electron chi connectivity index (χ4n) is 2.78. The number of nitrogens with zero attached hydrogens (tertiary/aromatic N) is 3. The summed E-state index contributed by atoms with van der Waals surface area (Å²) in [5.41, 5.74) is -0.469. The van der Waals surface area contributed by atoms with E-state index in [1.165, 1.54) is 6.21 Å². The van der Waals surface area contributed by atoms with E-state index >= 15 is 0 Å². The minimum Gasteiger partial charge on any atom is -0.494 e. The van der Waals surface area contributed by atoms with Crippen molar-refractivity contribution in [3.05, 3.63) is 62.3 Å².